The number of nitrogens with one attached hydrogen (secondary N) is 1. The molecule has 0 unspecified atom stereocenters. The zero-order valence-electron chi connectivity index (χ0n) is 13.4. The van der Waals surface area contributed by atoms with Crippen molar-refractivity contribution in [2.45, 2.75) is 0 Å². The van der Waals surface area contributed by atoms with Crippen molar-refractivity contribution in [3.63, 3.8) is 0 Å². The van der Waals surface area contributed by atoms with E-state index < -0.39 is 5.97 Å². The fourth-order valence-corrected chi connectivity index (χ4v) is 2.36. The van der Waals surface area contributed by atoms with E-state index >= 15 is 0 Å². The minimum absolute atomic E-state index is 0.343. The van der Waals surface area contributed by atoms with Gasteiger partial charge in [0.05, 0.1) is 19.9 Å². The molecule has 0 saturated carbocycles. The summed E-state index contributed by atoms with van der Waals surface area (Å²) in [4.78, 5) is 17.4. The van der Waals surface area contributed by atoms with E-state index in [0.717, 1.165) is 5.56 Å². The topological polar surface area (TPSA) is 66.0 Å². The number of hydroxylamine groups is 1. The summed E-state index contributed by atoms with van der Waals surface area (Å²) in [6, 6.07) is 12.3. The van der Waals surface area contributed by atoms with E-state index in [1.165, 1.54) is 7.11 Å². The molecule has 24 heavy (non-hydrogen) atoms. The van der Waals surface area contributed by atoms with E-state index in [0.29, 0.717) is 35.1 Å². The number of hydrogen-bond donors (Lipinski definition) is 1. The Morgan fingerprint density at radius 1 is 1.12 bits per heavy atom. The van der Waals surface area contributed by atoms with Gasteiger partial charge >= 0.3 is 5.97 Å². The molecule has 1 N–H and O–H groups in total. The third kappa shape index (κ3) is 3.12. The SMILES string of the molecule is COc1ccc2c(c1)OCC=C2NOC(=O)c1ccccc1OC. The van der Waals surface area contributed by atoms with Crippen LogP contribution >= 0.6 is 0 Å². The highest BCUT2D eigenvalue weighted by atomic mass is 16.7. The molecule has 6 nitrogen and oxygen atoms in total. The molecule has 2 aromatic rings. The highest BCUT2D eigenvalue weighted by Gasteiger charge is 2.18. The summed E-state index contributed by atoms with van der Waals surface area (Å²) in [5, 5.41) is 0. The van der Waals surface area contributed by atoms with Crippen molar-refractivity contribution < 1.29 is 23.8 Å². The van der Waals surface area contributed by atoms with Crippen LogP contribution in [0, 0.1) is 0 Å². The highest BCUT2D eigenvalue weighted by Crippen LogP contribution is 2.32. The lowest BCUT2D eigenvalue weighted by atomic mass is 10.1. The molecule has 0 aromatic heterocycles. The van der Waals surface area contributed by atoms with Crippen molar-refractivity contribution in [2.75, 3.05) is 20.8 Å². The normalized spacial score (nSPS) is 12.3. The molecule has 0 amide bonds. The Bertz CT molecular complexity index is 785. The standard InChI is InChI=1S/C18H17NO5/c1-21-12-7-8-13-15(9-10-23-17(13)11-12)19-24-18(20)14-5-3-4-6-16(14)22-2/h3-9,11,19H,10H2,1-2H3. The molecule has 0 saturated heterocycles. The zero-order chi connectivity index (χ0) is 16.9. The maximum atomic E-state index is 12.2. The Labute approximate surface area is 139 Å². The summed E-state index contributed by atoms with van der Waals surface area (Å²) in [6.45, 7) is 0.370. The molecule has 1 aliphatic heterocycles. The van der Waals surface area contributed by atoms with Crippen LogP contribution in [0.2, 0.25) is 0 Å². The van der Waals surface area contributed by atoms with Crippen molar-refractivity contribution in [1.29, 1.82) is 0 Å². The van der Waals surface area contributed by atoms with Crippen molar-refractivity contribution in [1.82, 2.24) is 5.48 Å². The summed E-state index contributed by atoms with van der Waals surface area (Å²) in [6.07, 6.45) is 1.80. The van der Waals surface area contributed by atoms with Crippen molar-refractivity contribution in [3.05, 3.63) is 59.7 Å². The van der Waals surface area contributed by atoms with E-state index in [1.54, 1.807) is 43.5 Å². The summed E-state index contributed by atoms with van der Waals surface area (Å²) >= 11 is 0. The van der Waals surface area contributed by atoms with Crippen LogP contribution in [0.5, 0.6) is 17.2 Å². The number of rotatable bonds is 5. The first-order valence-electron chi connectivity index (χ1n) is 7.34. The third-order valence-electron chi connectivity index (χ3n) is 3.59. The Morgan fingerprint density at radius 3 is 2.75 bits per heavy atom. The number of ether oxygens (including phenoxy) is 3. The number of benzene rings is 2. The van der Waals surface area contributed by atoms with Crippen LogP contribution in [0.4, 0.5) is 0 Å². The number of hydrogen-bond acceptors (Lipinski definition) is 6. The third-order valence-corrected chi connectivity index (χ3v) is 3.59. The molecule has 3 rings (SSSR count). The minimum Gasteiger partial charge on any atom is -0.497 e. The monoisotopic (exact) mass is 327 g/mol. The lowest BCUT2D eigenvalue weighted by molar-refractivity contribution is 0.0363. The molecular formula is C18H17NO5. The molecule has 1 aliphatic rings. The van der Waals surface area contributed by atoms with Crippen LogP contribution in [0.25, 0.3) is 5.70 Å². The van der Waals surface area contributed by atoms with Gasteiger partial charge in [-0.3, -0.25) is 0 Å². The van der Waals surface area contributed by atoms with Crippen LogP contribution in [-0.4, -0.2) is 26.8 Å². The molecule has 0 bridgehead atoms. The Morgan fingerprint density at radius 2 is 1.96 bits per heavy atom. The molecular weight excluding hydrogens is 310 g/mol. The van der Waals surface area contributed by atoms with Gasteiger partial charge in [-0.05, 0) is 30.3 Å². The van der Waals surface area contributed by atoms with Gasteiger partial charge in [-0.15, -0.1) is 0 Å². The van der Waals surface area contributed by atoms with Crippen LogP contribution in [0.15, 0.2) is 48.5 Å². The molecule has 124 valence electrons. The molecule has 0 atom stereocenters. The summed E-state index contributed by atoms with van der Waals surface area (Å²) in [5.74, 6) is 1.28. The van der Waals surface area contributed by atoms with Crippen LogP contribution in [0.3, 0.4) is 0 Å². The van der Waals surface area contributed by atoms with E-state index in [-0.39, 0.29) is 0 Å². The van der Waals surface area contributed by atoms with E-state index in [1.807, 2.05) is 12.1 Å². The number of carbonyl (C=O) groups is 1. The summed E-state index contributed by atoms with van der Waals surface area (Å²) in [5.41, 5.74) is 4.48. The average molecular weight is 327 g/mol. The first-order valence-corrected chi connectivity index (χ1v) is 7.34. The quantitative estimate of drug-likeness (QED) is 0.852. The fraction of sp³-hybridized carbons (Fsp3) is 0.167. The van der Waals surface area contributed by atoms with E-state index in [2.05, 4.69) is 5.48 Å². The number of para-hydroxylation sites is 1. The van der Waals surface area contributed by atoms with Gasteiger partial charge in [-0.25, -0.2) is 10.3 Å². The van der Waals surface area contributed by atoms with Gasteiger partial charge in [0.2, 0.25) is 0 Å². The first-order chi connectivity index (χ1) is 11.7. The molecule has 1 heterocycles. The lowest BCUT2D eigenvalue weighted by Crippen LogP contribution is -2.22. The van der Waals surface area contributed by atoms with Crippen LogP contribution in [-0.2, 0) is 4.84 Å². The Kier molecular flexibility index (Phi) is 4.56. The number of fused-ring (bicyclic) bond motifs is 1. The van der Waals surface area contributed by atoms with Gasteiger partial charge in [-0.2, -0.15) is 0 Å². The molecule has 6 heteroatoms. The van der Waals surface area contributed by atoms with Gasteiger partial charge in [0, 0.05) is 11.6 Å². The number of carbonyl (C=O) groups excluding carboxylic acids is 1. The van der Waals surface area contributed by atoms with Crippen LogP contribution in [0.1, 0.15) is 15.9 Å². The maximum absolute atomic E-state index is 12.2. The molecule has 0 aliphatic carbocycles. The van der Waals surface area contributed by atoms with Crippen molar-refractivity contribution in [2.24, 2.45) is 0 Å². The van der Waals surface area contributed by atoms with Gasteiger partial charge in [0.25, 0.3) is 0 Å². The molecule has 0 spiro atoms. The summed E-state index contributed by atoms with van der Waals surface area (Å²) < 4.78 is 15.9. The van der Waals surface area contributed by atoms with Crippen LogP contribution < -0.4 is 19.7 Å². The lowest BCUT2D eigenvalue weighted by Gasteiger charge is -2.20. The second-order valence-corrected chi connectivity index (χ2v) is 4.98. The summed E-state index contributed by atoms with van der Waals surface area (Å²) in [7, 11) is 3.10. The van der Waals surface area contributed by atoms with Gasteiger partial charge in [0.1, 0.15) is 29.4 Å². The molecule has 0 fully saturated rings. The zero-order valence-corrected chi connectivity index (χ0v) is 13.4. The minimum atomic E-state index is -0.532. The second kappa shape index (κ2) is 6.95. The largest absolute Gasteiger partial charge is 0.497 e. The van der Waals surface area contributed by atoms with Crippen molar-refractivity contribution >= 4 is 11.7 Å². The molecule has 2 aromatic carbocycles. The highest BCUT2D eigenvalue weighted by molar-refractivity contribution is 5.92. The van der Waals surface area contributed by atoms with Gasteiger partial charge in [-0.1, -0.05) is 12.1 Å². The average Bonchev–Trinajstić information content (AvgIpc) is 2.65. The Balaban J connectivity index is 1.74. The van der Waals surface area contributed by atoms with E-state index in [9.17, 15) is 4.79 Å². The number of methoxy groups -OCH3 is 2. The smallest absolute Gasteiger partial charge is 0.366 e. The van der Waals surface area contributed by atoms with Gasteiger partial charge in [0.15, 0.2) is 0 Å². The second-order valence-electron chi connectivity index (χ2n) is 4.98. The first kappa shape index (κ1) is 15.7. The maximum Gasteiger partial charge on any atom is 0.366 e. The predicted molar refractivity (Wildman–Crippen MR) is 88.0 cm³/mol. The van der Waals surface area contributed by atoms with Gasteiger partial charge < -0.3 is 19.0 Å². The van der Waals surface area contributed by atoms with E-state index in [4.69, 9.17) is 19.0 Å². The molecule has 0 radical (unpaired) electrons. The van der Waals surface area contributed by atoms with Crippen molar-refractivity contribution in [3.8, 4) is 17.2 Å². The predicted octanol–water partition coefficient (Wildman–Crippen LogP) is 2.80. The fourth-order valence-electron chi connectivity index (χ4n) is 2.36. The Hall–Kier alpha value is -3.15.